The van der Waals surface area contributed by atoms with E-state index in [1.165, 1.54) is 0 Å². The maximum atomic E-state index is 9.00. The van der Waals surface area contributed by atoms with Crippen LogP contribution in [0.5, 0.6) is 0 Å². The Labute approximate surface area is 199 Å². The second-order valence-corrected chi connectivity index (χ2v) is 4.99. The summed E-state index contributed by atoms with van der Waals surface area (Å²) in [6.45, 7) is 13.9. The van der Waals surface area contributed by atoms with Crippen LogP contribution in [0.3, 0.4) is 0 Å². The van der Waals surface area contributed by atoms with Crippen LogP contribution in [0.1, 0.15) is 40.5 Å². The van der Waals surface area contributed by atoms with Gasteiger partial charge in [-0.05, 0) is 0 Å². The van der Waals surface area contributed by atoms with Crippen LogP contribution in [-0.4, -0.2) is 49.8 Å². The van der Waals surface area contributed by atoms with Gasteiger partial charge in [-0.15, -0.1) is 0 Å². The summed E-state index contributed by atoms with van der Waals surface area (Å²) in [6, 6.07) is 0. The molecule has 0 spiro atoms. The summed E-state index contributed by atoms with van der Waals surface area (Å²) in [7, 11) is 0. The van der Waals surface area contributed by atoms with Crippen molar-refractivity contribution in [1.82, 2.24) is 0 Å². The molecule has 2 rings (SSSR count). The SMILES string of the molecule is C[CH-]CC(O)CO[CH-]C.C[CH-]CC1CO1.C[CH-]OCC1CO1.[Y].[Y]. The fourth-order valence-corrected chi connectivity index (χ4v) is 1.38. The molecule has 0 aromatic rings. The molecule has 1 N–H and O–H groups in total. The van der Waals surface area contributed by atoms with Crippen LogP contribution < -0.4 is 0 Å². The molecule has 3 unspecified atom stereocenters. The van der Waals surface area contributed by atoms with Crippen molar-refractivity contribution >= 4 is 0 Å². The molecule has 0 aromatic carbocycles. The van der Waals surface area contributed by atoms with Crippen molar-refractivity contribution in [2.24, 2.45) is 0 Å². The molecule has 0 aromatic heterocycles. The zero-order valence-electron chi connectivity index (χ0n) is 15.5. The molecular formula is C17H32O5Y2-4. The number of hydrogen-bond acceptors (Lipinski definition) is 5. The van der Waals surface area contributed by atoms with E-state index in [9.17, 15) is 0 Å². The van der Waals surface area contributed by atoms with E-state index in [-0.39, 0.29) is 71.5 Å². The van der Waals surface area contributed by atoms with E-state index >= 15 is 0 Å². The normalized spacial score (nSPS) is 20.9. The summed E-state index contributed by atoms with van der Waals surface area (Å²) in [4.78, 5) is 0. The topological polar surface area (TPSA) is 63.8 Å². The molecule has 7 heteroatoms. The Hall–Kier alpha value is 2.01. The maximum absolute atomic E-state index is 9.00. The van der Waals surface area contributed by atoms with Crippen LogP contribution in [0.15, 0.2) is 0 Å². The minimum atomic E-state index is -0.341. The van der Waals surface area contributed by atoms with Gasteiger partial charge < -0.3 is 36.9 Å². The zero-order chi connectivity index (χ0) is 16.6. The van der Waals surface area contributed by atoms with Crippen LogP contribution in [0, 0.1) is 26.1 Å². The number of aliphatic hydroxyl groups excluding tert-OH is 1. The van der Waals surface area contributed by atoms with E-state index in [2.05, 4.69) is 13.3 Å². The minimum Gasteiger partial charge on any atom is -0.550 e. The molecule has 2 fully saturated rings. The first-order valence-electron chi connectivity index (χ1n) is 7.93. The molecule has 2 aliphatic heterocycles. The molecule has 140 valence electrons. The standard InChI is InChI=1S/C7H14O2.C5H9O2.C5H9O.2Y/c1-3-5-7(8)6-9-4-2;1-2-6-3-5-4-7-5;1-2-3-5-4-6-5;;/h3-4,7-8H,5-6H2,1-2H3;2,5H,3-4H2,1H3;2,5H,3-4H2,1H3;;/q-2;2*-1;;. The Morgan fingerprint density at radius 1 is 0.958 bits per heavy atom. The van der Waals surface area contributed by atoms with Crippen molar-refractivity contribution < 1.29 is 89.5 Å². The number of hydrogen-bond donors (Lipinski definition) is 1. The van der Waals surface area contributed by atoms with Gasteiger partial charge >= 0.3 is 0 Å². The van der Waals surface area contributed by atoms with E-state index in [1.807, 2.05) is 20.3 Å². The minimum absolute atomic E-state index is 0. The number of rotatable bonds is 10. The molecule has 0 saturated carbocycles. The smallest absolute Gasteiger partial charge is 0.101 e. The second-order valence-electron chi connectivity index (χ2n) is 4.99. The Bertz CT molecular complexity index is 227. The first-order valence-corrected chi connectivity index (χ1v) is 7.93. The van der Waals surface area contributed by atoms with Crippen LogP contribution >= 0.6 is 0 Å². The van der Waals surface area contributed by atoms with Crippen molar-refractivity contribution in [1.29, 1.82) is 0 Å². The number of epoxide rings is 2. The van der Waals surface area contributed by atoms with Gasteiger partial charge in [0.2, 0.25) is 0 Å². The van der Waals surface area contributed by atoms with Crippen molar-refractivity contribution in [3.8, 4) is 0 Å². The maximum Gasteiger partial charge on any atom is 0.101 e. The van der Waals surface area contributed by atoms with E-state index in [4.69, 9.17) is 24.1 Å². The van der Waals surface area contributed by atoms with Crippen molar-refractivity contribution in [2.75, 3.05) is 26.4 Å². The summed E-state index contributed by atoms with van der Waals surface area (Å²) in [5, 5.41) is 9.00. The predicted octanol–water partition coefficient (Wildman–Crippen LogP) is 2.74. The van der Waals surface area contributed by atoms with Gasteiger partial charge in [-0.3, -0.25) is 0 Å². The third-order valence-electron chi connectivity index (χ3n) is 2.72. The summed E-state index contributed by atoms with van der Waals surface area (Å²) in [5.41, 5.74) is 0. The first-order chi connectivity index (χ1) is 10.7. The molecule has 2 heterocycles. The average Bonchev–Trinajstić information content (AvgIpc) is 3.39. The average molecular weight is 494 g/mol. The van der Waals surface area contributed by atoms with Gasteiger partial charge in [0.05, 0.1) is 19.3 Å². The van der Waals surface area contributed by atoms with E-state index < -0.39 is 0 Å². The van der Waals surface area contributed by atoms with Gasteiger partial charge in [-0.2, -0.15) is 40.5 Å². The Kier molecular flexibility index (Phi) is 29.5. The Morgan fingerprint density at radius 3 is 1.83 bits per heavy atom. The van der Waals surface area contributed by atoms with Gasteiger partial charge in [-0.1, -0.05) is 0 Å². The Morgan fingerprint density at radius 2 is 1.50 bits per heavy atom. The molecule has 2 saturated heterocycles. The van der Waals surface area contributed by atoms with Crippen molar-refractivity contribution in [3.05, 3.63) is 26.1 Å². The summed E-state index contributed by atoms with van der Waals surface area (Å²) >= 11 is 0. The molecule has 0 bridgehead atoms. The summed E-state index contributed by atoms with van der Waals surface area (Å²) in [5.74, 6) is 0. The summed E-state index contributed by atoms with van der Waals surface area (Å²) in [6.07, 6.45) is 6.55. The molecule has 0 aliphatic carbocycles. The quantitative estimate of drug-likeness (QED) is 0.374. The van der Waals surface area contributed by atoms with Crippen LogP contribution in [0.4, 0.5) is 0 Å². The van der Waals surface area contributed by atoms with Crippen molar-refractivity contribution in [3.63, 3.8) is 0 Å². The molecule has 2 aliphatic rings. The van der Waals surface area contributed by atoms with E-state index in [1.54, 1.807) is 20.1 Å². The number of ether oxygens (including phenoxy) is 4. The van der Waals surface area contributed by atoms with Crippen molar-refractivity contribution in [2.45, 2.75) is 58.8 Å². The van der Waals surface area contributed by atoms with Crippen LogP contribution in [0.2, 0.25) is 0 Å². The second kappa shape index (κ2) is 23.0. The first kappa shape index (κ1) is 30.7. The van der Waals surface area contributed by atoms with Crippen LogP contribution in [0.25, 0.3) is 0 Å². The van der Waals surface area contributed by atoms with Gasteiger partial charge in [0.1, 0.15) is 6.10 Å². The molecule has 0 amide bonds. The zero-order valence-corrected chi connectivity index (χ0v) is 21.2. The monoisotopic (exact) mass is 494 g/mol. The third-order valence-corrected chi connectivity index (χ3v) is 2.72. The fourth-order valence-electron chi connectivity index (χ4n) is 1.38. The van der Waals surface area contributed by atoms with Gasteiger partial charge in [0, 0.05) is 84.7 Å². The third kappa shape index (κ3) is 26.2. The molecule has 3 atom stereocenters. The van der Waals surface area contributed by atoms with Gasteiger partial charge in [0.15, 0.2) is 0 Å². The predicted molar refractivity (Wildman–Crippen MR) is 86.5 cm³/mol. The molecule has 5 nitrogen and oxygen atoms in total. The largest absolute Gasteiger partial charge is 0.550 e. The van der Waals surface area contributed by atoms with Gasteiger partial charge in [-0.25, -0.2) is 13.2 Å². The van der Waals surface area contributed by atoms with E-state index in [0.717, 1.165) is 26.2 Å². The summed E-state index contributed by atoms with van der Waals surface area (Å²) < 4.78 is 19.5. The molecule has 2 radical (unpaired) electrons. The molecule has 24 heavy (non-hydrogen) atoms. The van der Waals surface area contributed by atoms with E-state index in [0.29, 0.717) is 25.2 Å². The number of aliphatic hydroxyl groups is 1. The van der Waals surface area contributed by atoms with Crippen LogP contribution in [-0.2, 0) is 84.4 Å². The van der Waals surface area contributed by atoms with Gasteiger partial charge in [0.25, 0.3) is 0 Å². The molecular weight excluding hydrogens is 462 g/mol. The fraction of sp³-hybridized carbons (Fsp3) is 0.765. The Balaban J connectivity index is -0.000000268.